The van der Waals surface area contributed by atoms with Crippen LogP contribution in [0.15, 0.2) is 48.5 Å². The van der Waals surface area contributed by atoms with E-state index in [4.69, 9.17) is 4.74 Å². The van der Waals surface area contributed by atoms with Gasteiger partial charge in [-0.05, 0) is 45.0 Å². The van der Waals surface area contributed by atoms with Gasteiger partial charge in [-0.3, -0.25) is 13.9 Å². The topological polar surface area (TPSA) is 96.0 Å². The Morgan fingerprint density at radius 2 is 1.71 bits per heavy atom. The van der Waals surface area contributed by atoms with Crippen LogP contribution in [-0.2, 0) is 14.8 Å². The van der Waals surface area contributed by atoms with Crippen molar-refractivity contribution in [1.29, 1.82) is 0 Å². The van der Waals surface area contributed by atoms with Gasteiger partial charge in [0, 0.05) is 13.1 Å². The highest BCUT2D eigenvalue weighted by molar-refractivity contribution is 7.92. The number of benzene rings is 2. The third kappa shape index (κ3) is 4.66. The summed E-state index contributed by atoms with van der Waals surface area (Å²) in [5, 5.41) is 2.75. The molecule has 2 aromatic carbocycles. The number of carbonyl (C=O) groups is 2. The molecule has 0 aliphatic carbocycles. The molecule has 1 heterocycles. The summed E-state index contributed by atoms with van der Waals surface area (Å²) in [4.78, 5) is 27.5. The largest absolute Gasteiger partial charge is 0.476 e. The Bertz CT molecular complexity index is 1070. The van der Waals surface area contributed by atoms with Crippen molar-refractivity contribution in [1.82, 2.24) is 4.90 Å². The first-order valence-electron chi connectivity index (χ1n) is 10.3. The van der Waals surface area contributed by atoms with E-state index in [2.05, 4.69) is 5.32 Å². The highest BCUT2D eigenvalue weighted by Crippen LogP contribution is 2.35. The highest BCUT2D eigenvalue weighted by atomic mass is 32.2. The summed E-state index contributed by atoms with van der Waals surface area (Å²) in [5.41, 5.74) is 1.14. The molecule has 1 aliphatic rings. The molecule has 2 amide bonds. The molecule has 166 valence electrons. The number of hydrogen-bond acceptors (Lipinski definition) is 5. The first kappa shape index (κ1) is 22.6. The monoisotopic (exact) mass is 445 g/mol. The molecule has 1 aliphatic heterocycles. The zero-order valence-electron chi connectivity index (χ0n) is 17.9. The molecule has 0 saturated carbocycles. The molecule has 0 radical (unpaired) electrons. The van der Waals surface area contributed by atoms with Crippen LogP contribution >= 0.6 is 0 Å². The van der Waals surface area contributed by atoms with E-state index in [0.29, 0.717) is 35.8 Å². The van der Waals surface area contributed by atoms with Gasteiger partial charge >= 0.3 is 0 Å². The molecular formula is C22H27N3O5S. The van der Waals surface area contributed by atoms with E-state index in [1.807, 2.05) is 13.8 Å². The van der Waals surface area contributed by atoms with Gasteiger partial charge in [0.25, 0.3) is 11.8 Å². The van der Waals surface area contributed by atoms with Gasteiger partial charge in [-0.25, -0.2) is 8.42 Å². The predicted molar refractivity (Wildman–Crippen MR) is 120 cm³/mol. The zero-order chi connectivity index (χ0) is 22.6. The van der Waals surface area contributed by atoms with E-state index < -0.39 is 22.0 Å². The van der Waals surface area contributed by atoms with Crippen molar-refractivity contribution in [3.05, 3.63) is 54.1 Å². The second-order valence-electron chi connectivity index (χ2n) is 7.02. The van der Waals surface area contributed by atoms with Crippen molar-refractivity contribution in [3.8, 4) is 5.75 Å². The minimum Gasteiger partial charge on any atom is -0.476 e. The van der Waals surface area contributed by atoms with Crippen molar-refractivity contribution in [2.24, 2.45) is 0 Å². The Morgan fingerprint density at radius 3 is 2.39 bits per heavy atom. The van der Waals surface area contributed by atoms with Crippen molar-refractivity contribution >= 4 is 33.2 Å². The molecule has 0 spiro atoms. The number of carbonyl (C=O) groups excluding carboxylic acids is 2. The number of ether oxygens (including phenoxy) is 1. The SMILES string of the molecule is CCN(CC)C(=O)c1ccccc1NC(=O)[C@H]1CN(S(=O)(=O)CC)c2ccccc2O1. The van der Waals surface area contributed by atoms with E-state index in [0.717, 1.165) is 0 Å². The zero-order valence-corrected chi connectivity index (χ0v) is 18.7. The minimum absolute atomic E-state index is 0.100. The molecular weight excluding hydrogens is 418 g/mol. The van der Waals surface area contributed by atoms with Crippen molar-refractivity contribution in [3.63, 3.8) is 0 Å². The lowest BCUT2D eigenvalue weighted by atomic mass is 10.1. The fourth-order valence-electron chi connectivity index (χ4n) is 3.43. The van der Waals surface area contributed by atoms with Crippen LogP contribution in [0.4, 0.5) is 11.4 Å². The number of amides is 2. The maximum absolute atomic E-state index is 13.0. The fourth-order valence-corrected chi connectivity index (χ4v) is 4.56. The molecule has 1 N–H and O–H groups in total. The maximum atomic E-state index is 13.0. The number of anilines is 2. The number of fused-ring (bicyclic) bond motifs is 1. The van der Waals surface area contributed by atoms with Gasteiger partial charge in [0.15, 0.2) is 6.10 Å². The van der Waals surface area contributed by atoms with E-state index in [1.54, 1.807) is 60.4 Å². The molecule has 0 bridgehead atoms. The number of sulfonamides is 1. The van der Waals surface area contributed by atoms with Crippen LogP contribution in [-0.4, -0.2) is 56.6 Å². The Morgan fingerprint density at radius 1 is 1.06 bits per heavy atom. The van der Waals surface area contributed by atoms with Crippen LogP contribution in [0.2, 0.25) is 0 Å². The summed E-state index contributed by atoms with van der Waals surface area (Å²) in [5.74, 6) is -0.494. The van der Waals surface area contributed by atoms with E-state index in [1.165, 1.54) is 4.31 Å². The summed E-state index contributed by atoms with van der Waals surface area (Å²) < 4.78 is 32.3. The van der Waals surface area contributed by atoms with Gasteiger partial charge < -0.3 is 15.0 Å². The van der Waals surface area contributed by atoms with E-state index in [9.17, 15) is 18.0 Å². The Balaban J connectivity index is 1.88. The fraction of sp³-hybridized carbons (Fsp3) is 0.364. The highest BCUT2D eigenvalue weighted by Gasteiger charge is 2.36. The second kappa shape index (κ2) is 9.38. The molecule has 8 nitrogen and oxygen atoms in total. The van der Waals surface area contributed by atoms with Crippen LogP contribution in [0.25, 0.3) is 0 Å². The number of nitrogens with zero attached hydrogens (tertiary/aromatic N) is 2. The summed E-state index contributed by atoms with van der Waals surface area (Å²) in [6.45, 7) is 6.27. The average molecular weight is 446 g/mol. The first-order valence-corrected chi connectivity index (χ1v) is 11.9. The molecule has 0 aromatic heterocycles. The van der Waals surface area contributed by atoms with Gasteiger partial charge in [0.1, 0.15) is 5.75 Å². The average Bonchev–Trinajstić information content (AvgIpc) is 2.79. The van der Waals surface area contributed by atoms with Crippen molar-refractivity contribution in [2.75, 3.05) is 35.0 Å². The molecule has 2 aromatic rings. The number of hydrogen-bond donors (Lipinski definition) is 1. The van der Waals surface area contributed by atoms with Crippen LogP contribution in [0.1, 0.15) is 31.1 Å². The van der Waals surface area contributed by atoms with Crippen LogP contribution in [0.5, 0.6) is 5.75 Å². The minimum atomic E-state index is -3.60. The van der Waals surface area contributed by atoms with Crippen LogP contribution in [0, 0.1) is 0 Å². The Labute approximate surface area is 182 Å². The molecule has 0 fully saturated rings. The Kier molecular flexibility index (Phi) is 6.84. The molecule has 9 heteroatoms. The lowest BCUT2D eigenvalue weighted by Crippen LogP contribution is -2.49. The molecule has 31 heavy (non-hydrogen) atoms. The molecule has 3 rings (SSSR count). The van der Waals surface area contributed by atoms with Gasteiger partial charge in [0.2, 0.25) is 10.0 Å². The maximum Gasteiger partial charge on any atom is 0.267 e. The summed E-state index contributed by atoms with van der Waals surface area (Å²) in [6, 6.07) is 13.5. The summed E-state index contributed by atoms with van der Waals surface area (Å²) >= 11 is 0. The van der Waals surface area contributed by atoms with Crippen molar-refractivity contribution in [2.45, 2.75) is 26.9 Å². The van der Waals surface area contributed by atoms with Gasteiger partial charge in [-0.1, -0.05) is 24.3 Å². The Hall–Kier alpha value is -3.07. The van der Waals surface area contributed by atoms with Gasteiger partial charge in [0.05, 0.1) is 29.2 Å². The van der Waals surface area contributed by atoms with Crippen molar-refractivity contribution < 1.29 is 22.7 Å². The first-order chi connectivity index (χ1) is 14.8. The molecule has 0 unspecified atom stereocenters. The summed E-state index contributed by atoms with van der Waals surface area (Å²) in [6.07, 6.45) is -1.06. The quantitative estimate of drug-likeness (QED) is 0.707. The summed E-state index contributed by atoms with van der Waals surface area (Å²) in [7, 11) is -3.60. The predicted octanol–water partition coefficient (Wildman–Crippen LogP) is 2.72. The molecule has 0 saturated heterocycles. The standard InChI is InChI=1S/C22H27N3O5S/c1-4-24(5-2)22(27)16-11-7-8-12-17(16)23-21(26)20-15-25(31(28,29)6-3)18-13-9-10-14-19(18)30-20/h7-14,20H,4-6,15H2,1-3H3,(H,23,26)/t20-/m1/s1. The van der Waals surface area contributed by atoms with Gasteiger partial charge in [-0.15, -0.1) is 0 Å². The smallest absolute Gasteiger partial charge is 0.267 e. The normalized spacial score (nSPS) is 15.6. The third-order valence-electron chi connectivity index (χ3n) is 5.19. The number of para-hydroxylation sites is 3. The number of nitrogens with one attached hydrogen (secondary N) is 1. The second-order valence-corrected chi connectivity index (χ2v) is 9.20. The third-order valence-corrected chi connectivity index (χ3v) is 6.94. The molecule has 1 atom stereocenters. The lowest BCUT2D eigenvalue weighted by Gasteiger charge is -2.34. The van der Waals surface area contributed by atoms with E-state index in [-0.39, 0.29) is 18.2 Å². The van der Waals surface area contributed by atoms with Crippen LogP contribution < -0.4 is 14.4 Å². The van der Waals surface area contributed by atoms with Crippen LogP contribution in [0.3, 0.4) is 0 Å². The number of rotatable bonds is 7. The van der Waals surface area contributed by atoms with Gasteiger partial charge in [-0.2, -0.15) is 0 Å². The lowest BCUT2D eigenvalue weighted by molar-refractivity contribution is -0.122. The van der Waals surface area contributed by atoms with E-state index >= 15 is 0 Å².